The molecular weight excluding hydrogens is 594 g/mol. The zero-order valence-corrected chi connectivity index (χ0v) is 26.9. The summed E-state index contributed by atoms with van der Waals surface area (Å²) in [7, 11) is 0. The largest absolute Gasteiger partial charge is 0.478 e. The maximum atomic E-state index is 13.9. The number of benzene rings is 2. The first kappa shape index (κ1) is 34.6. The van der Waals surface area contributed by atoms with E-state index in [0.29, 0.717) is 50.1 Å². The van der Waals surface area contributed by atoms with Crippen LogP contribution < -0.4 is 5.32 Å². The summed E-state index contributed by atoms with van der Waals surface area (Å²) in [5.41, 5.74) is 1.24. The average Bonchev–Trinajstić information content (AvgIpc) is 3.33. The summed E-state index contributed by atoms with van der Waals surface area (Å²) >= 11 is 0. The molecule has 2 aromatic rings. The number of aliphatic hydroxyl groups is 1. The lowest BCUT2D eigenvalue weighted by atomic mass is 9.79. The summed E-state index contributed by atoms with van der Waals surface area (Å²) in [5.74, 6) is -1.44. The zero-order chi connectivity index (χ0) is 31.3. The number of hydrogen-bond acceptors (Lipinski definition) is 6. The number of halogens is 1. The van der Waals surface area contributed by atoms with Gasteiger partial charge in [-0.15, -0.1) is 12.4 Å². The molecule has 9 nitrogen and oxygen atoms in total. The molecule has 2 atom stereocenters. The van der Waals surface area contributed by atoms with Crippen molar-refractivity contribution in [1.29, 1.82) is 0 Å². The molecule has 3 aliphatic rings. The van der Waals surface area contributed by atoms with E-state index in [4.69, 9.17) is 5.11 Å². The van der Waals surface area contributed by atoms with Gasteiger partial charge in [0.05, 0.1) is 11.7 Å². The number of aliphatic hydroxyl groups excluding tert-OH is 1. The number of carboxylic acids is 1. The van der Waals surface area contributed by atoms with Crippen molar-refractivity contribution < 1.29 is 29.4 Å². The highest BCUT2D eigenvalue weighted by atomic mass is 35.5. The van der Waals surface area contributed by atoms with Gasteiger partial charge in [-0.1, -0.05) is 75.4 Å². The van der Waals surface area contributed by atoms with Gasteiger partial charge < -0.3 is 20.4 Å². The van der Waals surface area contributed by atoms with E-state index in [-0.39, 0.29) is 41.5 Å². The van der Waals surface area contributed by atoms with Crippen LogP contribution in [0.3, 0.4) is 0 Å². The molecule has 5 rings (SSSR count). The Balaban J connectivity index is 0.00000461. The fraction of sp³-hybridized carbons (Fsp3) is 0.543. The molecule has 1 saturated carbocycles. The Morgan fingerprint density at radius 3 is 2.02 bits per heavy atom. The first-order chi connectivity index (χ1) is 21.2. The monoisotopic (exact) mass is 639 g/mol. The third kappa shape index (κ3) is 7.59. The second-order valence-electron chi connectivity index (χ2n) is 12.8. The number of aromatic carboxylic acids is 1. The van der Waals surface area contributed by atoms with Gasteiger partial charge in [0.15, 0.2) is 5.78 Å². The summed E-state index contributed by atoms with van der Waals surface area (Å²) in [6.07, 6.45) is 8.13. The van der Waals surface area contributed by atoms with Gasteiger partial charge in [0, 0.05) is 37.3 Å². The summed E-state index contributed by atoms with van der Waals surface area (Å²) in [6, 6.07) is 12.5. The molecule has 2 aliphatic heterocycles. The molecule has 0 radical (unpaired) electrons. The highest BCUT2D eigenvalue weighted by Crippen LogP contribution is 2.36. The third-order valence-corrected chi connectivity index (χ3v) is 9.92. The van der Waals surface area contributed by atoms with Gasteiger partial charge in [-0.05, 0) is 55.7 Å². The van der Waals surface area contributed by atoms with Gasteiger partial charge in [0.25, 0.3) is 0 Å². The van der Waals surface area contributed by atoms with Gasteiger partial charge in [-0.3, -0.25) is 19.3 Å². The highest BCUT2D eigenvalue weighted by molar-refractivity contribution is 6.09. The normalized spacial score (nSPS) is 21.5. The number of piperidine rings is 1. The molecule has 2 aromatic carbocycles. The summed E-state index contributed by atoms with van der Waals surface area (Å²) in [4.78, 5) is 55.8. The molecule has 3 N–H and O–H groups in total. The van der Waals surface area contributed by atoms with Crippen LogP contribution in [0.1, 0.15) is 103 Å². The van der Waals surface area contributed by atoms with Gasteiger partial charge in [0.2, 0.25) is 11.8 Å². The Morgan fingerprint density at radius 1 is 0.911 bits per heavy atom. The van der Waals surface area contributed by atoms with Crippen molar-refractivity contribution in [2.75, 3.05) is 19.6 Å². The highest BCUT2D eigenvalue weighted by Gasteiger charge is 2.55. The van der Waals surface area contributed by atoms with E-state index in [2.05, 4.69) is 17.1 Å². The Bertz CT molecular complexity index is 1330. The van der Waals surface area contributed by atoms with E-state index in [9.17, 15) is 24.3 Å². The predicted molar refractivity (Wildman–Crippen MR) is 174 cm³/mol. The Morgan fingerprint density at radius 2 is 1.47 bits per heavy atom. The fourth-order valence-corrected chi connectivity index (χ4v) is 7.16. The van der Waals surface area contributed by atoms with Crippen LogP contribution in [0.25, 0.3) is 0 Å². The number of nitrogens with one attached hydrogen (secondary N) is 1. The Hall–Kier alpha value is -3.27. The van der Waals surface area contributed by atoms with E-state index in [1.54, 1.807) is 17.0 Å². The number of ketones is 1. The van der Waals surface area contributed by atoms with Gasteiger partial charge in [-0.25, -0.2) is 4.79 Å². The molecule has 0 unspecified atom stereocenters. The molecule has 2 saturated heterocycles. The van der Waals surface area contributed by atoms with E-state index < -0.39 is 23.7 Å². The lowest BCUT2D eigenvalue weighted by Gasteiger charge is -2.52. The smallest absolute Gasteiger partial charge is 0.335 e. The maximum Gasteiger partial charge on any atom is 0.335 e. The number of unbranched alkanes of at least 4 members (excludes halogenated alkanes) is 1. The maximum absolute atomic E-state index is 13.9. The van der Waals surface area contributed by atoms with E-state index in [1.807, 2.05) is 12.1 Å². The molecule has 45 heavy (non-hydrogen) atoms. The third-order valence-electron chi connectivity index (χ3n) is 9.92. The number of carbonyl (C=O) groups excluding carboxylic acids is 3. The van der Waals surface area contributed by atoms with Crippen LogP contribution in [-0.4, -0.2) is 80.9 Å². The number of carboxylic acid groups (broad SMARTS) is 1. The van der Waals surface area contributed by atoms with Crippen molar-refractivity contribution in [3.63, 3.8) is 0 Å². The van der Waals surface area contributed by atoms with Gasteiger partial charge in [-0.2, -0.15) is 0 Å². The summed E-state index contributed by atoms with van der Waals surface area (Å²) < 4.78 is 0. The van der Waals surface area contributed by atoms with Crippen LogP contribution >= 0.6 is 12.4 Å². The Labute approximate surface area is 271 Å². The molecule has 2 amide bonds. The lowest BCUT2D eigenvalue weighted by molar-refractivity contribution is -0.165. The molecule has 244 valence electrons. The number of likely N-dealkylation sites (tertiary alicyclic amines) is 1. The number of nitrogens with zero attached hydrogens (tertiary/aromatic N) is 2. The number of rotatable bonds is 10. The van der Waals surface area contributed by atoms with Crippen LogP contribution in [0.5, 0.6) is 0 Å². The average molecular weight is 640 g/mol. The van der Waals surface area contributed by atoms with E-state index in [1.165, 1.54) is 24.3 Å². The predicted octanol–water partition coefficient (Wildman–Crippen LogP) is 4.83. The van der Waals surface area contributed by atoms with Crippen LogP contribution in [0.15, 0.2) is 48.5 Å². The number of piperazine rings is 1. The van der Waals surface area contributed by atoms with Crippen LogP contribution in [0.2, 0.25) is 0 Å². The topological polar surface area (TPSA) is 127 Å². The van der Waals surface area contributed by atoms with Crippen molar-refractivity contribution in [3.05, 3.63) is 70.8 Å². The first-order valence-corrected chi connectivity index (χ1v) is 16.2. The van der Waals surface area contributed by atoms with Crippen LogP contribution in [-0.2, 0) is 16.1 Å². The van der Waals surface area contributed by atoms with Crippen LogP contribution in [0.4, 0.5) is 0 Å². The first-order valence-electron chi connectivity index (χ1n) is 16.2. The van der Waals surface area contributed by atoms with Crippen molar-refractivity contribution in [1.82, 2.24) is 15.1 Å². The molecule has 10 heteroatoms. The van der Waals surface area contributed by atoms with E-state index >= 15 is 0 Å². The molecule has 1 spiro atoms. The van der Waals surface area contributed by atoms with Crippen molar-refractivity contribution >= 4 is 36.0 Å². The van der Waals surface area contributed by atoms with Crippen LogP contribution in [0, 0.1) is 5.92 Å². The molecular formula is C35H46ClN3O6. The minimum absolute atomic E-state index is 0. The molecule has 1 aliphatic carbocycles. The van der Waals surface area contributed by atoms with Gasteiger partial charge in [0.1, 0.15) is 11.6 Å². The number of carbonyl (C=O) groups is 4. The second kappa shape index (κ2) is 15.3. The molecule has 2 heterocycles. The minimum atomic E-state index is -1.03. The van der Waals surface area contributed by atoms with E-state index in [0.717, 1.165) is 56.9 Å². The van der Waals surface area contributed by atoms with Crippen molar-refractivity contribution in [3.8, 4) is 0 Å². The number of amides is 2. The molecule has 3 fully saturated rings. The number of hydrogen-bond donors (Lipinski definition) is 3. The minimum Gasteiger partial charge on any atom is -0.478 e. The fourth-order valence-electron chi connectivity index (χ4n) is 7.16. The lowest BCUT2D eigenvalue weighted by Crippen LogP contribution is -2.75. The quantitative estimate of drug-likeness (QED) is 0.251. The SMILES string of the molecule is CCCCN1C(=O)[C@@H]([C@H](O)C2CCCCCC2)NC(=O)C12CCN(Cc1ccc(C(=O)c3ccc(C(=O)O)cc3)cc1)CC2.Cl. The summed E-state index contributed by atoms with van der Waals surface area (Å²) in [5, 5.41) is 23.4. The molecule has 0 bridgehead atoms. The summed E-state index contributed by atoms with van der Waals surface area (Å²) in [6.45, 7) is 4.55. The standard InChI is InChI=1S/C35H45N3O6.ClH/c1-2-3-20-38-32(41)29(31(40)25-8-6-4-5-7-9-25)36-34(44)35(38)18-21-37(22-19-35)23-24-10-12-26(13-11-24)30(39)27-14-16-28(17-15-27)33(42)43;/h10-17,25,29,31,40H,2-9,18-23H2,1H3,(H,36,44)(H,42,43);1H/t29-,31-;/m1./s1. The van der Waals surface area contributed by atoms with Crippen molar-refractivity contribution in [2.45, 2.75) is 95.4 Å². The zero-order valence-electron chi connectivity index (χ0n) is 26.1. The molecule has 0 aromatic heterocycles. The van der Waals surface area contributed by atoms with Gasteiger partial charge >= 0.3 is 5.97 Å². The van der Waals surface area contributed by atoms with Crippen molar-refractivity contribution in [2.24, 2.45) is 5.92 Å². The second-order valence-corrected chi connectivity index (χ2v) is 12.8. The Kier molecular flexibility index (Phi) is 11.8.